The van der Waals surface area contributed by atoms with E-state index < -0.39 is 18.1 Å². The molecule has 0 bridgehead atoms. The predicted molar refractivity (Wildman–Crippen MR) is 42.6 cm³/mol. The normalized spacial score (nSPS) is 16.5. The molecule has 0 radical (unpaired) electrons. The zero-order valence-corrected chi connectivity index (χ0v) is 6.95. The molecule has 2 atom stereocenters. The van der Waals surface area contributed by atoms with Gasteiger partial charge in [0.05, 0.1) is 12.1 Å². The number of carbonyl (C=O) groups excluding carboxylic acids is 1. The van der Waals surface area contributed by atoms with Gasteiger partial charge in [0.1, 0.15) is 0 Å². The fourth-order valence-corrected chi connectivity index (χ4v) is 0.648. The van der Waals surface area contributed by atoms with Gasteiger partial charge in [0, 0.05) is 0 Å². The Labute approximate surface area is 66.6 Å². The second kappa shape index (κ2) is 4.31. The van der Waals surface area contributed by atoms with Crippen LogP contribution in [0.3, 0.4) is 0 Å². The Bertz CT molecular complexity index is 136. The van der Waals surface area contributed by atoms with Crippen LogP contribution in [-0.2, 0) is 4.79 Å². The van der Waals surface area contributed by atoms with Crippen LogP contribution in [-0.4, -0.2) is 23.2 Å². The molecule has 4 heteroatoms. The number of aliphatic hydroxyl groups is 1. The van der Waals surface area contributed by atoms with E-state index in [1.165, 1.54) is 0 Å². The largest absolute Gasteiger partial charge is 0.393 e. The summed E-state index contributed by atoms with van der Waals surface area (Å²) < 4.78 is 0. The molecule has 2 unspecified atom stereocenters. The molecule has 0 saturated carbocycles. The van der Waals surface area contributed by atoms with Gasteiger partial charge in [0.2, 0.25) is 5.91 Å². The molecule has 0 aromatic carbocycles. The molecule has 4 nitrogen and oxygen atoms in total. The van der Waals surface area contributed by atoms with E-state index in [0.29, 0.717) is 0 Å². The number of aliphatic hydroxyl groups excluding tert-OH is 1. The minimum Gasteiger partial charge on any atom is -0.393 e. The number of primary amides is 1. The maximum Gasteiger partial charge on any atom is 0.234 e. The fraction of sp³-hybridized carbons (Fsp3) is 0.857. The van der Waals surface area contributed by atoms with Gasteiger partial charge < -0.3 is 16.6 Å². The molecule has 5 N–H and O–H groups in total. The average molecular weight is 160 g/mol. The highest BCUT2D eigenvalue weighted by Gasteiger charge is 2.17. The van der Waals surface area contributed by atoms with Crippen molar-refractivity contribution in [3.8, 4) is 0 Å². The average Bonchev–Trinajstić information content (AvgIpc) is 1.87. The third-order valence-corrected chi connectivity index (χ3v) is 1.63. The zero-order valence-electron chi connectivity index (χ0n) is 6.95. The van der Waals surface area contributed by atoms with Crippen molar-refractivity contribution in [3.05, 3.63) is 0 Å². The molecule has 0 aliphatic heterocycles. The quantitative estimate of drug-likeness (QED) is 0.503. The first kappa shape index (κ1) is 10.4. The van der Waals surface area contributed by atoms with E-state index in [2.05, 4.69) is 0 Å². The van der Waals surface area contributed by atoms with E-state index in [-0.39, 0.29) is 12.3 Å². The summed E-state index contributed by atoms with van der Waals surface area (Å²) in [5.74, 6) is -0.454. The number of rotatable bonds is 4. The van der Waals surface area contributed by atoms with Gasteiger partial charge in [0.15, 0.2) is 0 Å². The molecule has 0 saturated heterocycles. The topological polar surface area (TPSA) is 89.3 Å². The Morgan fingerprint density at radius 1 is 1.55 bits per heavy atom. The Morgan fingerprint density at radius 2 is 2.00 bits per heavy atom. The van der Waals surface area contributed by atoms with Gasteiger partial charge in [-0.1, -0.05) is 13.8 Å². The first-order valence-corrected chi connectivity index (χ1v) is 3.68. The smallest absolute Gasteiger partial charge is 0.234 e. The van der Waals surface area contributed by atoms with Crippen LogP contribution >= 0.6 is 0 Å². The molecular formula is C7H16N2O2. The SMILES string of the molecule is CC(C)C(O)CC(N)C(N)=O. The Hall–Kier alpha value is -0.610. The number of hydrogen-bond acceptors (Lipinski definition) is 3. The maximum atomic E-state index is 10.4. The lowest BCUT2D eigenvalue weighted by molar-refractivity contribution is -0.120. The van der Waals surface area contributed by atoms with Crippen molar-refractivity contribution in [2.75, 3.05) is 0 Å². The van der Waals surface area contributed by atoms with Crippen LogP contribution in [0.2, 0.25) is 0 Å². The lowest BCUT2D eigenvalue weighted by Crippen LogP contribution is -2.40. The second-order valence-electron chi connectivity index (χ2n) is 3.06. The molecule has 0 aromatic heterocycles. The van der Waals surface area contributed by atoms with Crippen LogP contribution < -0.4 is 11.5 Å². The van der Waals surface area contributed by atoms with Crippen LogP contribution in [0, 0.1) is 5.92 Å². The van der Waals surface area contributed by atoms with Crippen molar-refractivity contribution in [2.24, 2.45) is 17.4 Å². The van der Waals surface area contributed by atoms with E-state index in [4.69, 9.17) is 11.5 Å². The van der Waals surface area contributed by atoms with Gasteiger partial charge in [0.25, 0.3) is 0 Å². The summed E-state index contributed by atoms with van der Waals surface area (Å²) >= 11 is 0. The lowest BCUT2D eigenvalue weighted by Gasteiger charge is -2.16. The third kappa shape index (κ3) is 3.95. The van der Waals surface area contributed by atoms with Crippen molar-refractivity contribution in [1.82, 2.24) is 0 Å². The van der Waals surface area contributed by atoms with E-state index in [9.17, 15) is 9.90 Å². The van der Waals surface area contributed by atoms with Crippen LogP contribution in [0.15, 0.2) is 0 Å². The molecule has 0 aliphatic rings. The first-order chi connectivity index (χ1) is 4.95. The first-order valence-electron chi connectivity index (χ1n) is 3.68. The lowest BCUT2D eigenvalue weighted by atomic mass is 10.00. The van der Waals surface area contributed by atoms with Gasteiger partial charge in [-0.3, -0.25) is 4.79 Å². The molecule has 0 fully saturated rings. The minimum absolute atomic E-state index is 0.111. The number of carbonyl (C=O) groups is 1. The fourth-order valence-electron chi connectivity index (χ4n) is 0.648. The molecule has 0 spiro atoms. The van der Waals surface area contributed by atoms with Crippen molar-refractivity contribution in [3.63, 3.8) is 0 Å². The molecule has 0 heterocycles. The highest BCUT2D eigenvalue weighted by Crippen LogP contribution is 2.06. The summed E-state index contributed by atoms with van der Waals surface area (Å²) in [6.45, 7) is 3.72. The number of amides is 1. The summed E-state index contributed by atoms with van der Waals surface area (Å²) in [5, 5.41) is 9.26. The summed E-state index contributed by atoms with van der Waals surface area (Å²) in [6, 6.07) is -0.729. The van der Waals surface area contributed by atoms with Gasteiger partial charge in [-0.25, -0.2) is 0 Å². The Balaban J connectivity index is 3.75. The second-order valence-corrected chi connectivity index (χ2v) is 3.06. The molecule has 0 aliphatic carbocycles. The Morgan fingerprint density at radius 3 is 2.27 bits per heavy atom. The van der Waals surface area contributed by atoms with Crippen LogP contribution in [0.4, 0.5) is 0 Å². The molecule has 0 rings (SSSR count). The highest BCUT2D eigenvalue weighted by atomic mass is 16.3. The van der Waals surface area contributed by atoms with Crippen molar-refractivity contribution < 1.29 is 9.90 Å². The summed E-state index contributed by atoms with van der Waals surface area (Å²) in [7, 11) is 0. The summed E-state index contributed by atoms with van der Waals surface area (Å²) in [6.07, 6.45) is -0.301. The Kier molecular flexibility index (Phi) is 4.07. The van der Waals surface area contributed by atoms with Crippen molar-refractivity contribution >= 4 is 5.91 Å². The van der Waals surface area contributed by atoms with Crippen LogP contribution in [0.1, 0.15) is 20.3 Å². The third-order valence-electron chi connectivity index (χ3n) is 1.63. The highest BCUT2D eigenvalue weighted by molar-refractivity contribution is 5.79. The van der Waals surface area contributed by atoms with Gasteiger partial charge in [-0.05, 0) is 12.3 Å². The molecule has 1 amide bonds. The van der Waals surface area contributed by atoms with E-state index in [1.807, 2.05) is 13.8 Å². The van der Waals surface area contributed by atoms with E-state index in [1.54, 1.807) is 0 Å². The van der Waals surface area contributed by atoms with Crippen molar-refractivity contribution in [1.29, 1.82) is 0 Å². The monoisotopic (exact) mass is 160 g/mol. The van der Waals surface area contributed by atoms with Crippen molar-refractivity contribution in [2.45, 2.75) is 32.4 Å². The predicted octanol–water partition coefficient (Wildman–Crippen LogP) is -0.794. The van der Waals surface area contributed by atoms with Crippen LogP contribution in [0.5, 0.6) is 0 Å². The maximum absolute atomic E-state index is 10.4. The van der Waals surface area contributed by atoms with Gasteiger partial charge in [-0.2, -0.15) is 0 Å². The minimum atomic E-state index is -0.729. The number of nitrogens with two attached hydrogens (primary N) is 2. The molecule has 0 aromatic rings. The summed E-state index contributed by atoms with van der Waals surface area (Å²) in [5.41, 5.74) is 10.2. The number of hydrogen-bond donors (Lipinski definition) is 3. The molecule has 11 heavy (non-hydrogen) atoms. The zero-order chi connectivity index (χ0) is 9.02. The molecule has 66 valence electrons. The molecular weight excluding hydrogens is 144 g/mol. The summed E-state index contributed by atoms with van der Waals surface area (Å²) in [4.78, 5) is 10.4. The van der Waals surface area contributed by atoms with E-state index >= 15 is 0 Å². The van der Waals surface area contributed by atoms with E-state index in [0.717, 1.165) is 0 Å². The van der Waals surface area contributed by atoms with Gasteiger partial charge >= 0.3 is 0 Å². The van der Waals surface area contributed by atoms with Crippen LogP contribution in [0.25, 0.3) is 0 Å². The van der Waals surface area contributed by atoms with Gasteiger partial charge in [-0.15, -0.1) is 0 Å². The standard InChI is InChI=1S/C7H16N2O2/c1-4(2)6(10)3-5(8)7(9)11/h4-6,10H,3,8H2,1-2H3,(H2,9,11).